The van der Waals surface area contributed by atoms with Crippen LogP contribution in [-0.2, 0) is 13.0 Å². The third-order valence-electron chi connectivity index (χ3n) is 3.69. The van der Waals surface area contributed by atoms with E-state index in [1.165, 1.54) is 18.2 Å². The summed E-state index contributed by atoms with van der Waals surface area (Å²) in [6, 6.07) is 7.95. The van der Waals surface area contributed by atoms with Crippen LogP contribution in [0.1, 0.15) is 18.2 Å². The van der Waals surface area contributed by atoms with Crippen molar-refractivity contribution in [1.82, 2.24) is 4.98 Å². The molecule has 0 bridgehead atoms. The van der Waals surface area contributed by atoms with E-state index >= 15 is 0 Å². The fraction of sp³-hybridized carbons (Fsp3) is 0.312. The second-order valence-electron chi connectivity index (χ2n) is 5.54. The van der Waals surface area contributed by atoms with Crippen LogP contribution >= 0.6 is 15.9 Å². The number of benzene rings is 1. The molecule has 0 fully saturated rings. The number of aromatic nitrogens is 1. The first-order valence-electron chi connectivity index (χ1n) is 6.87. The van der Waals surface area contributed by atoms with Crippen molar-refractivity contribution in [3.8, 4) is 0 Å². The molecular formula is C16H15BrF2N2. The molecule has 1 aromatic heterocycles. The van der Waals surface area contributed by atoms with Gasteiger partial charge >= 0.3 is 0 Å². The van der Waals surface area contributed by atoms with Crippen molar-refractivity contribution >= 4 is 21.6 Å². The number of fused-ring (bicyclic) bond motifs is 1. The second-order valence-corrected chi connectivity index (χ2v) is 6.29. The van der Waals surface area contributed by atoms with E-state index in [0.29, 0.717) is 12.5 Å². The number of nitrogens with zero attached hydrogens (tertiary/aromatic N) is 2. The van der Waals surface area contributed by atoms with Gasteiger partial charge in [0.15, 0.2) is 5.82 Å². The number of pyridine rings is 1. The molecule has 110 valence electrons. The van der Waals surface area contributed by atoms with Crippen LogP contribution in [0.3, 0.4) is 0 Å². The third-order valence-corrected chi connectivity index (χ3v) is 4.25. The van der Waals surface area contributed by atoms with Gasteiger partial charge in [0.1, 0.15) is 10.4 Å². The van der Waals surface area contributed by atoms with Gasteiger partial charge in [-0.3, -0.25) is 0 Å². The Labute approximate surface area is 130 Å². The Kier molecular flexibility index (Phi) is 3.93. The maximum atomic E-state index is 13.8. The zero-order valence-corrected chi connectivity index (χ0v) is 13.2. The van der Waals surface area contributed by atoms with Crippen molar-refractivity contribution in [3.63, 3.8) is 0 Å². The molecule has 2 aromatic rings. The molecule has 1 unspecified atom stereocenters. The molecule has 2 nitrogen and oxygen atoms in total. The average Bonchev–Trinajstić information content (AvgIpc) is 2.43. The molecular weight excluding hydrogens is 338 g/mol. The van der Waals surface area contributed by atoms with Crippen LogP contribution in [0.2, 0.25) is 0 Å². The lowest BCUT2D eigenvalue weighted by Crippen LogP contribution is -2.34. The van der Waals surface area contributed by atoms with Crippen molar-refractivity contribution in [1.29, 1.82) is 0 Å². The Morgan fingerprint density at radius 3 is 2.71 bits per heavy atom. The van der Waals surface area contributed by atoms with Gasteiger partial charge in [-0.1, -0.05) is 19.1 Å². The van der Waals surface area contributed by atoms with E-state index in [1.807, 2.05) is 0 Å². The second kappa shape index (κ2) is 5.72. The number of hydrogen-bond acceptors (Lipinski definition) is 2. The number of anilines is 1. The van der Waals surface area contributed by atoms with Crippen molar-refractivity contribution < 1.29 is 8.78 Å². The molecule has 21 heavy (non-hydrogen) atoms. The SMILES string of the molecule is CC1Cc2nc(Br)c(F)cc2N(Cc2ccc(F)cc2)C1. The largest absolute Gasteiger partial charge is 0.365 e. The van der Waals surface area contributed by atoms with E-state index in [4.69, 9.17) is 0 Å². The molecule has 1 aromatic carbocycles. The molecule has 0 spiro atoms. The first-order chi connectivity index (χ1) is 10.0. The van der Waals surface area contributed by atoms with E-state index < -0.39 is 0 Å². The van der Waals surface area contributed by atoms with Crippen LogP contribution in [0, 0.1) is 17.6 Å². The van der Waals surface area contributed by atoms with Crippen LogP contribution < -0.4 is 4.90 Å². The van der Waals surface area contributed by atoms with Gasteiger partial charge in [0.2, 0.25) is 0 Å². The topological polar surface area (TPSA) is 16.1 Å². The fourth-order valence-electron chi connectivity index (χ4n) is 2.75. The molecule has 3 rings (SSSR count). The lowest BCUT2D eigenvalue weighted by molar-refractivity contribution is 0.513. The molecule has 1 atom stereocenters. The van der Waals surface area contributed by atoms with E-state index in [2.05, 4.69) is 32.7 Å². The minimum absolute atomic E-state index is 0.247. The zero-order chi connectivity index (χ0) is 15.0. The molecule has 0 radical (unpaired) electrons. The van der Waals surface area contributed by atoms with Gasteiger partial charge in [-0.15, -0.1) is 0 Å². The summed E-state index contributed by atoms with van der Waals surface area (Å²) in [4.78, 5) is 6.42. The van der Waals surface area contributed by atoms with E-state index in [9.17, 15) is 8.78 Å². The molecule has 2 heterocycles. The van der Waals surface area contributed by atoms with Crippen LogP contribution in [-0.4, -0.2) is 11.5 Å². The highest BCUT2D eigenvalue weighted by molar-refractivity contribution is 9.10. The molecule has 5 heteroatoms. The lowest BCUT2D eigenvalue weighted by atomic mass is 9.97. The van der Waals surface area contributed by atoms with Gasteiger partial charge in [0.25, 0.3) is 0 Å². The summed E-state index contributed by atoms with van der Waals surface area (Å²) in [5.41, 5.74) is 2.74. The number of hydrogen-bond donors (Lipinski definition) is 0. The number of rotatable bonds is 2. The molecule has 0 amide bonds. The van der Waals surface area contributed by atoms with Crippen LogP contribution in [0.5, 0.6) is 0 Å². The zero-order valence-electron chi connectivity index (χ0n) is 11.6. The van der Waals surface area contributed by atoms with Crippen molar-refractivity contribution in [2.24, 2.45) is 5.92 Å². The maximum Gasteiger partial charge on any atom is 0.158 e. The first-order valence-corrected chi connectivity index (χ1v) is 7.66. The highest BCUT2D eigenvalue weighted by atomic mass is 79.9. The number of halogens is 3. The molecule has 0 saturated heterocycles. The molecule has 1 aliphatic heterocycles. The van der Waals surface area contributed by atoms with Crippen LogP contribution in [0.25, 0.3) is 0 Å². The highest BCUT2D eigenvalue weighted by Gasteiger charge is 2.24. The Morgan fingerprint density at radius 2 is 2.00 bits per heavy atom. The summed E-state index contributed by atoms with van der Waals surface area (Å²) in [5, 5.41) is 0. The van der Waals surface area contributed by atoms with Gasteiger partial charge in [-0.05, 0) is 46.0 Å². The van der Waals surface area contributed by atoms with Crippen molar-refractivity contribution in [3.05, 3.63) is 57.8 Å². The summed E-state index contributed by atoms with van der Waals surface area (Å²) >= 11 is 3.14. The normalized spacial score (nSPS) is 17.7. The van der Waals surface area contributed by atoms with Gasteiger partial charge in [0.05, 0.1) is 11.4 Å². The van der Waals surface area contributed by atoms with Gasteiger partial charge < -0.3 is 4.90 Å². The Hall–Kier alpha value is -1.49. The standard InChI is InChI=1S/C16H15BrF2N2/c1-10-6-14-15(7-13(19)16(17)20-14)21(8-10)9-11-2-4-12(18)5-3-11/h2-5,7,10H,6,8-9H2,1H3. The minimum Gasteiger partial charge on any atom is -0.365 e. The maximum absolute atomic E-state index is 13.8. The summed E-state index contributed by atoms with van der Waals surface area (Å²) < 4.78 is 27.0. The van der Waals surface area contributed by atoms with Crippen molar-refractivity contribution in [2.75, 3.05) is 11.4 Å². The minimum atomic E-state index is -0.354. The molecule has 1 aliphatic rings. The predicted octanol–water partition coefficient (Wildman–Crippen LogP) is 4.32. The Morgan fingerprint density at radius 1 is 1.29 bits per heavy atom. The average molecular weight is 353 g/mol. The third kappa shape index (κ3) is 3.07. The summed E-state index contributed by atoms with van der Waals surface area (Å²) in [6.07, 6.45) is 0.841. The quantitative estimate of drug-likeness (QED) is 0.748. The van der Waals surface area contributed by atoms with E-state index in [1.54, 1.807) is 12.1 Å². The summed E-state index contributed by atoms with van der Waals surface area (Å²) in [7, 11) is 0. The highest BCUT2D eigenvalue weighted by Crippen LogP contribution is 2.32. The van der Waals surface area contributed by atoms with Crippen LogP contribution in [0.15, 0.2) is 34.9 Å². The summed E-state index contributed by atoms with van der Waals surface area (Å²) in [5.74, 6) is -0.155. The lowest BCUT2D eigenvalue weighted by Gasteiger charge is -2.34. The van der Waals surface area contributed by atoms with Gasteiger partial charge in [-0.25, -0.2) is 13.8 Å². The Balaban J connectivity index is 1.93. The van der Waals surface area contributed by atoms with E-state index in [0.717, 1.165) is 29.9 Å². The Bertz CT molecular complexity index is 658. The van der Waals surface area contributed by atoms with Gasteiger partial charge in [0, 0.05) is 19.2 Å². The van der Waals surface area contributed by atoms with Crippen LogP contribution in [0.4, 0.5) is 14.5 Å². The molecule has 0 saturated carbocycles. The fourth-order valence-corrected chi connectivity index (χ4v) is 3.07. The van der Waals surface area contributed by atoms with Gasteiger partial charge in [-0.2, -0.15) is 0 Å². The molecule has 0 aliphatic carbocycles. The monoisotopic (exact) mass is 352 g/mol. The smallest absolute Gasteiger partial charge is 0.158 e. The van der Waals surface area contributed by atoms with E-state index in [-0.39, 0.29) is 16.2 Å². The van der Waals surface area contributed by atoms with Crippen molar-refractivity contribution in [2.45, 2.75) is 19.9 Å². The predicted molar refractivity (Wildman–Crippen MR) is 82.2 cm³/mol. The molecule has 0 N–H and O–H groups in total. The summed E-state index contributed by atoms with van der Waals surface area (Å²) in [6.45, 7) is 3.62. The first kappa shape index (κ1) is 14.4.